The third-order valence-electron chi connectivity index (χ3n) is 13.4. The predicted molar refractivity (Wildman–Crippen MR) is 267 cm³/mol. The molecule has 0 radical (unpaired) electrons. The van der Waals surface area contributed by atoms with Crippen molar-refractivity contribution < 1.29 is 13.3 Å². The lowest BCUT2D eigenvalue weighted by Crippen LogP contribution is -2.02. The summed E-state index contributed by atoms with van der Waals surface area (Å²) in [6.07, 6.45) is 0. The maximum Gasteiger partial charge on any atom is 0.167 e. The monoisotopic (exact) mass is 844 g/mol. The molecule has 0 fully saturated rings. The van der Waals surface area contributed by atoms with Crippen molar-refractivity contribution in [1.29, 1.82) is 0 Å². The maximum atomic E-state index is 7.06. The maximum absolute atomic E-state index is 7.06. The van der Waals surface area contributed by atoms with Crippen LogP contribution in [0.5, 0.6) is 0 Å². The van der Waals surface area contributed by atoms with Crippen LogP contribution in [0, 0.1) is 0 Å². The normalized spacial score (nSPS) is 12.2. The lowest BCUT2D eigenvalue weighted by Gasteiger charge is -2.13. The quantitative estimate of drug-likeness (QED) is 0.175. The van der Waals surface area contributed by atoms with E-state index in [1.165, 1.54) is 10.8 Å². The van der Waals surface area contributed by atoms with E-state index >= 15 is 0 Å². The Labute approximate surface area is 374 Å². The molecule has 15 rings (SSSR count). The predicted octanol–water partition coefficient (Wildman–Crippen LogP) is 16.0. The van der Waals surface area contributed by atoms with Crippen LogP contribution in [0.3, 0.4) is 0 Å². The summed E-state index contributed by atoms with van der Waals surface area (Å²) in [4.78, 5) is 16.3. The van der Waals surface area contributed by atoms with E-state index in [0.29, 0.717) is 28.6 Å². The number of benzene rings is 10. The van der Waals surface area contributed by atoms with E-state index in [1.54, 1.807) is 0 Å². The van der Waals surface area contributed by atoms with Gasteiger partial charge in [-0.2, -0.15) is 0 Å². The van der Waals surface area contributed by atoms with Crippen molar-refractivity contribution in [2.45, 2.75) is 0 Å². The van der Waals surface area contributed by atoms with Crippen molar-refractivity contribution in [3.63, 3.8) is 0 Å². The molecule has 7 nitrogen and oxygen atoms in total. The van der Waals surface area contributed by atoms with Crippen LogP contribution in [-0.4, -0.2) is 19.5 Å². The minimum Gasteiger partial charge on any atom is -0.455 e. The van der Waals surface area contributed by atoms with Crippen molar-refractivity contribution in [3.05, 3.63) is 194 Å². The number of hydrogen-bond acceptors (Lipinski definition) is 6. The van der Waals surface area contributed by atoms with Crippen molar-refractivity contribution in [2.24, 2.45) is 0 Å². The van der Waals surface area contributed by atoms with Crippen LogP contribution < -0.4 is 0 Å². The Morgan fingerprint density at radius 2 is 0.833 bits per heavy atom. The van der Waals surface area contributed by atoms with E-state index in [4.69, 9.17) is 28.2 Å². The Morgan fingerprint density at radius 3 is 1.52 bits per heavy atom. The highest BCUT2D eigenvalue weighted by Crippen LogP contribution is 2.44. The second-order valence-electron chi connectivity index (χ2n) is 17.1. The standard InChI is InChI=1S/C59H32N4O3/c1-2-15-35-30-49-46(29-34(35)14-1)38-17-5-8-24-48(38)63(49)36-31-47(53-43-28-27-33-13-3-4-16-37(33)54(43)66-52(53)32-36)59-61-57(44-22-11-20-41-39-18-6-9-25-50(39)64-55(41)44)60-58(62-59)45-23-12-21-42-40-19-7-10-26-51(40)65-56(42)45/h1-32H. The van der Waals surface area contributed by atoms with Gasteiger partial charge in [-0.3, -0.25) is 0 Å². The molecule has 5 aromatic heterocycles. The molecular formula is C59H32N4O3. The topological polar surface area (TPSA) is 83.0 Å². The van der Waals surface area contributed by atoms with Crippen LogP contribution in [0.25, 0.3) is 149 Å². The molecule has 10 aromatic carbocycles. The lowest BCUT2D eigenvalue weighted by molar-refractivity contribution is 0.669. The second kappa shape index (κ2) is 13.2. The Bertz CT molecular complexity index is 4420. The van der Waals surface area contributed by atoms with Crippen LogP contribution >= 0.6 is 0 Å². The smallest absolute Gasteiger partial charge is 0.167 e. The summed E-state index contributed by atoms with van der Waals surface area (Å²) in [5, 5.41) is 12.7. The lowest BCUT2D eigenvalue weighted by atomic mass is 10.0. The van der Waals surface area contributed by atoms with E-state index in [2.05, 4.69) is 138 Å². The van der Waals surface area contributed by atoms with Gasteiger partial charge >= 0.3 is 0 Å². The molecule has 0 aliphatic heterocycles. The number of para-hydroxylation sites is 5. The number of nitrogens with zero attached hydrogens (tertiary/aromatic N) is 4. The molecule has 0 amide bonds. The number of hydrogen-bond donors (Lipinski definition) is 0. The van der Waals surface area contributed by atoms with Crippen molar-refractivity contribution in [1.82, 2.24) is 19.5 Å². The summed E-state index contributed by atoms with van der Waals surface area (Å²) in [5.74, 6) is 1.45. The zero-order valence-corrected chi connectivity index (χ0v) is 35.0. The first kappa shape index (κ1) is 35.4. The minimum atomic E-state index is 0.480. The molecule has 7 heteroatoms. The zero-order chi connectivity index (χ0) is 43.0. The van der Waals surface area contributed by atoms with E-state index in [0.717, 1.165) is 110 Å². The van der Waals surface area contributed by atoms with E-state index in [-0.39, 0.29) is 0 Å². The largest absolute Gasteiger partial charge is 0.455 e. The van der Waals surface area contributed by atoms with Crippen molar-refractivity contribution in [3.8, 4) is 39.9 Å². The Balaban J connectivity index is 1.08. The van der Waals surface area contributed by atoms with E-state index in [1.807, 2.05) is 60.7 Å². The fraction of sp³-hybridized carbons (Fsp3) is 0. The van der Waals surface area contributed by atoms with Crippen molar-refractivity contribution >= 4 is 109 Å². The highest BCUT2D eigenvalue weighted by atomic mass is 16.3. The van der Waals surface area contributed by atoms with Gasteiger partial charge in [-0.15, -0.1) is 0 Å². The fourth-order valence-electron chi connectivity index (χ4n) is 10.4. The van der Waals surface area contributed by atoms with Gasteiger partial charge in [-0.1, -0.05) is 133 Å². The first-order chi connectivity index (χ1) is 32.7. The molecule has 0 saturated carbocycles. The van der Waals surface area contributed by atoms with E-state index < -0.39 is 0 Å². The third-order valence-corrected chi connectivity index (χ3v) is 13.4. The number of fused-ring (bicyclic) bond motifs is 15. The summed E-state index contributed by atoms with van der Waals surface area (Å²) in [5.41, 5.74) is 9.97. The fourth-order valence-corrected chi connectivity index (χ4v) is 10.4. The average Bonchev–Trinajstić information content (AvgIpc) is 4.14. The Kier molecular flexibility index (Phi) is 7.10. The van der Waals surface area contributed by atoms with Gasteiger partial charge in [0.1, 0.15) is 33.5 Å². The highest BCUT2D eigenvalue weighted by Gasteiger charge is 2.25. The molecule has 0 aliphatic carbocycles. The number of aromatic nitrogens is 4. The van der Waals surface area contributed by atoms with Gasteiger partial charge < -0.3 is 17.8 Å². The molecule has 0 saturated heterocycles. The van der Waals surface area contributed by atoms with Crippen LogP contribution in [0.2, 0.25) is 0 Å². The van der Waals surface area contributed by atoms with Gasteiger partial charge in [0.25, 0.3) is 0 Å². The van der Waals surface area contributed by atoms with Crippen molar-refractivity contribution in [2.75, 3.05) is 0 Å². The summed E-state index contributed by atoms with van der Waals surface area (Å²) in [6, 6.07) is 67.4. The van der Waals surface area contributed by atoms with Crippen LogP contribution in [0.1, 0.15) is 0 Å². The summed E-state index contributed by atoms with van der Waals surface area (Å²) in [7, 11) is 0. The zero-order valence-electron chi connectivity index (χ0n) is 35.0. The Morgan fingerprint density at radius 1 is 0.303 bits per heavy atom. The molecular weight excluding hydrogens is 813 g/mol. The highest BCUT2D eigenvalue weighted by molar-refractivity contribution is 6.20. The minimum absolute atomic E-state index is 0.480. The van der Waals surface area contributed by atoms with Gasteiger partial charge in [0.2, 0.25) is 0 Å². The second-order valence-corrected chi connectivity index (χ2v) is 17.1. The molecule has 0 N–H and O–H groups in total. The molecule has 0 atom stereocenters. The molecule has 0 spiro atoms. The van der Waals surface area contributed by atoms with Gasteiger partial charge in [-0.25, -0.2) is 15.0 Å². The Hall–Kier alpha value is -9.07. The van der Waals surface area contributed by atoms with Gasteiger partial charge in [0, 0.05) is 60.1 Å². The van der Waals surface area contributed by atoms with Gasteiger partial charge in [0.05, 0.1) is 27.8 Å². The van der Waals surface area contributed by atoms with Gasteiger partial charge in [-0.05, 0) is 70.8 Å². The summed E-state index contributed by atoms with van der Waals surface area (Å²) < 4.78 is 22.7. The van der Waals surface area contributed by atoms with Crippen LogP contribution in [0.15, 0.2) is 207 Å². The number of furan rings is 3. The molecule has 0 aliphatic rings. The van der Waals surface area contributed by atoms with E-state index in [9.17, 15) is 0 Å². The molecule has 66 heavy (non-hydrogen) atoms. The van der Waals surface area contributed by atoms with Gasteiger partial charge in [0.15, 0.2) is 17.5 Å². The molecule has 0 unspecified atom stereocenters. The van der Waals surface area contributed by atoms with Crippen LogP contribution in [0.4, 0.5) is 0 Å². The number of rotatable bonds is 4. The molecule has 15 aromatic rings. The first-order valence-electron chi connectivity index (χ1n) is 22.1. The SMILES string of the molecule is c1ccc2cc3c(cc2c1)c1ccccc1n3-c1cc(-c2nc(-c3cccc4c3oc3ccccc34)nc(-c3cccc4c3oc3ccccc34)n2)c2c(c1)oc1c3ccccc3ccc12. The summed E-state index contributed by atoms with van der Waals surface area (Å²) >= 11 is 0. The molecule has 0 bridgehead atoms. The summed E-state index contributed by atoms with van der Waals surface area (Å²) in [6.45, 7) is 0. The first-order valence-corrected chi connectivity index (χ1v) is 22.1. The molecule has 5 heterocycles. The van der Waals surface area contributed by atoms with Crippen LogP contribution in [-0.2, 0) is 0 Å². The average molecular weight is 845 g/mol. The molecule has 306 valence electrons. The third kappa shape index (κ3) is 4.99.